The highest BCUT2D eigenvalue weighted by atomic mass is 19.1. The number of H-pyrrole nitrogens is 1. The van der Waals surface area contributed by atoms with Crippen molar-refractivity contribution in [3.63, 3.8) is 0 Å². The first-order chi connectivity index (χ1) is 14.6. The summed E-state index contributed by atoms with van der Waals surface area (Å²) in [6, 6.07) is 6.56. The Morgan fingerprint density at radius 1 is 1.27 bits per heavy atom. The highest BCUT2D eigenvalue weighted by Gasteiger charge is 2.31. The van der Waals surface area contributed by atoms with E-state index in [0.717, 1.165) is 41.6 Å². The zero-order valence-electron chi connectivity index (χ0n) is 17.2. The number of hydrogen-bond acceptors (Lipinski definition) is 4. The minimum absolute atomic E-state index is 0.0173. The summed E-state index contributed by atoms with van der Waals surface area (Å²) in [5.41, 5.74) is 4.69. The van der Waals surface area contributed by atoms with E-state index in [0.29, 0.717) is 12.1 Å². The van der Waals surface area contributed by atoms with Crippen LogP contribution in [0.25, 0.3) is 11.1 Å². The largest absolute Gasteiger partial charge is 0.494 e. The zero-order valence-corrected chi connectivity index (χ0v) is 17.2. The van der Waals surface area contributed by atoms with Crippen molar-refractivity contribution in [2.75, 3.05) is 13.7 Å². The van der Waals surface area contributed by atoms with Gasteiger partial charge in [-0.2, -0.15) is 5.10 Å². The molecule has 1 saturated heterocycles. The molecule has 7 heteroatoms. The van der Waals surface area contributed by atoms with Crippen molar-refractivity contribution in [3.8, 4) is 16.9 Å². The number of rotatable bonds is 5. The number of hydrogen-bond donors (Lipinski definition) is 1. The van der Waals surface area contributed by atoms with Crippen LogP contribution in [0.5, 0.6) is 5.75 Å². The maximum Gasteiger partial charge on any atom is 0.227 e. The second-order valence-electron chi connectivity index (χ2n) is 7.63. The van der Waals surface area contributed by atoms with Gasteiger partial charge in [0.25, 0.3) is 0 Å². The molecule has 0 saturated carbocycles. The van der Waals surface area contributed by atoms with Crippen LogP contribution in [-0.2, 0) is 11.2 Å². The quantitative estimate of drug-likeness (QED) is 0.686. The number of benzene rings is 1. The average molecular weight is 408 g/mol. The number of carbonyl (C=O) groups is 1. The summed E-state index contributed by atoms with van der Waals surface area (Å²) in [7, 11) is 1.42. The Bertz CT molecular complexity index is 1050. The number of piperidine rings is 1. The molecule has 1 aromatic carbocycles. The Morgan fingerprint density at radius 2 is 2.13 bits per heavy atom. The Balaban J connectivity index is 1.60. The van der Waals surface area contributed by atoms with Crippen molar-refractivity contribution in [2.24, 2.45) is 0 Å². The van der Waals surface area contributed by atoms with Crippen LogP contribution >= 0.6 is 0 Å². The normalized spacial score (nSPS) is 16.5. The number of aryl methyl sites for hydroxylation is 1. The third-order valence-corrected chi connectivity index (χ3v) is 5.71. The first-order valence-electron chi connectivity index (χ1n) is 10.1. The van der Waals surface area contributed by atoms with E-state index in [1.54, 1.807) is 18.3 Å². The molecule has 2 aromatic heterocycles. The van der Waals surface area contributed by atoms with Gasteiger partial charge in [0.2, 0.25) is 5.91 Å². The third-order valence-electron chi connectivity index (χ3n) is 5.71. The minimum Gasteiger partial charge on any atom is -0.494 e. The smallest absolute Gasteiger partial charge is 0.227 e. The van der Waals surface area contributed by atoms with Crippen molar-refractivity contribution in [1.29, 1.82) is 0 Å². The van der Waals surface area contributed by atoms with Gasteiger partial charge in [-0.3, -0.25) is 14.9 Å². The van der Waals surface area contributed by atoms with Gasteiger partial charge >= 0.3 is 0 Å². The molecule has 1 fully saturated rings. The molecule has 156 valence electrons. The number of methoxy groups -OCH3 is 1. The molecule has 0 radical (unpaired) electrons. The summed E-state index contributed by atoms with van der Waals surface area (Å²) in [6.45, 7) is 2.69. The van der Waals surface area contributed by atoms with Crippen LogP contribution in [0.2, 0.25) is 0 Å². The Morgan fingerprint density at radius 3 is 2.90 bits per heavy atom. The van der Waals surface area contributed by atoms with E-state index in [4.69, 9.17) is 4.74 Å². The lowest BCUT2D eigenvalue weighted by Crippen LogP contribution is -2.39. The van der Waals surface area contributed by atoms with Crippen LogP contribution in [0.4, 0.5) is 4.39 Å². The summed E-state index contributed by atoms with van der Waals surface area (Å²) in [6.07, 6.45) is 8.41. The number of carbonyl (C=O) groups excluding carboxylic acids is 1. The second kappa shape index (κ2) is 8.65. The molecule has 1 N–H and O–H groups in total. The van der Waals surface area contributed by atoms with Gasteiger partial charge in [-0.15, -0.1) is 0 Å². The van der Waals surface area contributed by atoms with E-state index in [2.05, 4.69) is 15.2 Å². The number of halogens is 1. The van der Waals surface area contributed by atoms with Gasteiger partial charge in [0.1, 0.15) is 0 Å². The van der Waals surface area contributed by atoms with Gasteiger partial charge in [0.15, 0.2) is 11.6 Å². The summed E-state index contributed by atoms with van der Waals surface area (Å²) in [5, 5.41) is 7.41. The molecule has 0 aliphatic carbocycles. The van der Waals surface area contributed by atoms with Gasteiger partial charge in [-0.1, -0.05) is 6.07 Å². The lowest BCUT2D eigenvalue weighted by molar-refractivity contribution is -0.134. The molecule has 0 spiro atoms. The van der Waals surface area contributed by atoms with Crippen molar-refractivity contribution in [3.05, 3.63) is 65.5 Å². The predicted molar refractivity (Wildman–Crippen MR) is 112 cm³/mol. The first-order valence-corrected chi connectivity index (χ1v) is 10.1. The fourth-order valence-corrected chi connectivity index (χ4v) is 4.17. The Labute approximate surface area is 175 Å². The van der Waals surface area contributed by atoms with E-state index in [-0.39, 0.29) is 24.1 Å². The highest BCUT2D eigenvalue weighted by Crippen LogP contribution is 2.36. The number of amides is 1. The molecule has 3 aromatic rings. The van der Waals surface area contributed by atoms with Crippen LogP contribution in [0, 0.1) is 12.7 Å². The van der Waals surface area contributed by atoms with Gasteiger partial charge in [0.05, 0.1) is 31.5 Å². The molecular weight excluding hydrogens is 383 g/mol. The fraction of sp³-hybridized carbons (Fsp3) is 0.348. The first kappa shape index (κ1) is 20.1. The van der Waals surface area contributed by atoms with E-state index < -0.39 is 5.82 Å². The fourth-order valence-electron chi connectivity index (χ4n) is 4.17. The number of nitrogens with one attached hydrogen (secondary N) is 1. The van der Waals surface area contributed by atoms with E-state index in [9.17, 15) is 9.18 Å². The number of pyridine rings is 1. The molecule has 3 heterocycles. The number of ether oxygens (including phenoxy) is 1. The van der Waals surface area contributed by atoms with Crippen molar-refractivity contribution in [1.82, 2.24) is 20.1 Å². The lowest BCUT2D eigenvalue weighted by Gasteiger charge is -2.36. The number of aromatic amines is 1. The van der Waals surface area contributed by atoms with Crippen LogP contribution in [-0.4, -0.2) is 39.6 Å². The van der Waals surface area contributed by atoms with Gasteiger partial charge in [0, 0.05) is 24.5 Å². The molecule has 4 rings (SSSR count). The van der Waals surface area contributed by atoms with E-state index in [1.165, 1.54) is 13.2 Å². The molecule has 1 atom stereocenters. The molecule has 1 aliphatic heterocycles. The van der Waals surface area contributed by atoms with Crippen LogP contribution in [0.1, 0.15) is 42.1 Å². The third kappa shape index (κ3) is 3.92. The summed E-state index contributed by atoms with van der Waals surface area (Å²) >= 11 is 0. The standard InChI is InChI=1S/C23H25FN4O2/c1-15-13-25-9-8-17(15)18-14-26-27-23(18)20-5-3-4-10-28(20)22(29)12-16-6-7-21(30-2)19(24)11-16/h6-9,11,13-14,20H,3-5,10,12H2,1-2H3,(H,26,27)/t20-/m1/s1. The van der Waals surface area contributed by atoms with Crippen LogP contribution in [0.15, 0.2) is 42.9 Å². The molecule has 1 aliphatic rings. The topological polar surface area (TPSA) is 71.1 Å². The second-order valence-corrected chi connectivity index (χ2v) is 7.63. The summed E-state index contributed by atoms with van der Waals surface area (Å²) in [5.74, 6) is -0.296. The summed E-state index contributed by atoms with van der Waals surface area (Å²) in [4.78, 5) is 19.3. The monoisotopic (exact) mass is 408 g/mol. The predicted octanol–water partition coefficient (Wildman–Crippen LogP) is 4.22. The van der Waals surface area contributed by atoms with E-state index in [1.807, 2.05) is 30.3 Å². The van der Waals surface area contributed by atoms with E-state index >= 15 is 0 Å². The van der Waals surface area contributed by atoms with Crippen molar-refractivity contribution >= 4 is 5.91 Å². The molecule has 0 unspecified atom stereocenters. The lowest BCUT2D eigenvalue weighted by atomic mass is 9.93. The summed E-state index contributed by atoms with van der Waals surface area (Å²) < 4.78 is 19.0. The molecule has 6 nitrogen and oxygen atoms in total. The van der Waals surface area contributed by atoms with Gasteiger partial charge in [-0.25, -0.2) is 4.39 Å². The van der Waals surface area contributed by atoms with Crippen molar-refractivity contribution < 1.29 is 13.9 Å². The number of nitrogens with zero attached hydrogens (tertiary/aromatic N) is 3. The Hall–Kier alpha value is -3.22. The number of likely N-dealkylation sites (tertiary alicyclic amines) is 1. The zero-order chi connectivity index (χ0) is 21.1. The molecule has 30 heavy (non-hydrogen) atoms. The van der Waals surface area contributed by atoms with Crippen molar-refractivity contribution in [2.45, 2.75) is 38.6 Å². The SMILES string of the molecule is COc1ccc(CC(=O)N2CCCC[C@@H]2c2[nH]ncc2-c2ccncc2C)cc1F. The Kier molecular flexibility index (Phi) is 5.79. The maximum absolute atomic E-state index is 14.1. The number of aromatic nitrogens is 3. The average Bonchev–Trinajstić information content (AvgIpc) is 3.23. The van der Waals surface area contributed by atoms with Crippen LogP contribution in [0.3, 0.4) is 0 Å². The maximum atomic E-state index is 14.1. The molecule has 0 bridgehead atoms. The highest BCUT2D eigenvalue weighted by molar-refractivity contribution is 5.80. The van der Waals surface area contributed by atoms with Crippen LogP contribution < -0.4 is 4.74 Å². The molecular formula is C23H25FN4O2. The minimum atomic E-state index is -0.456. The van der Waals surface area contributed by atoms with Gasteiger partial charge < -0.3 is 9.64 Å². The molecule has 1 amide bonds. The van der Waals surface area contributed by atoms with Gasteiger partial charge in [-0.05, 0) is 61.1 Å².